The fourth-order valence-electron chi connectivity index (χ4n) is 2.70. The van der Waals surface area contributed by atoms with Crippen LogP contribution in [-0.2, 0) is 21.3 Å². The van der Waals surface area contributed by atoms with Gasteiger partial charge in [0.25, 0.3) is 0 Å². The molecule has 0 radical (unpaired) electrons. The van der Waals surface area contributed by atoms with Crippen molar-refractivity contribution >= 4 is 38.7 Å². The lowest BCUT2D eigenvalue weighted by molar-refractivity contribution is 0.122. The number of hydrogen-bond donors (Lipinski definition) is 1. The molecule has 1 saturated heterocycles. The van der Waals surface area contributed by atoms with E-state index in [4.69, 9.17) is 9.47 Å². The first-order valence-corrected chi connectivity index (χ1v) is 10.6. The minimum absolute atomic E-state index is 0.0631. The molecule has 0 unspecified atom stereocenters. The van der Waals surface area contributed by atoms with E-state index < -0.39 is 10.0 Å². The van der Waals surface area contributed by atoms with Crippen molar-refractivity contribution < 1.29 is 17.9 Å². The number of nitrogens with zero attached hydrogens (tertiary/aromatic N) is 6. The lowest BCUT2D eigenvalue weighted by Crippen LogP contribution is -2.37. The highest BCUT2D eigenvalue weighted by molar-refractivity contribution is 7.89. The number of rotatable bonds is 6. The van der Waals surface area contributed by atoms with Crippen LogP contribution in [0.3, 0.4) is 0 Å². The van der Waals surface area contributed by atoms with Crippen LogP contribution in [0.25, 0.3) is 11.0 Å². The van der Waals surface area contributed by atoms with Crippen LogP contribution in [0.15, 0.2) is 23.1 Å². The van der Waals surface area contributed by atoms with E-state index in [2.05, 4.69) is 28.4 Å². The Hall–Kier alpha value is -2.48. The number of benzene rings is 1. The van der Waals surface area contributed by atoms with Gasteiger partial charge in [0.2, 0.25) is 16.0 Å². The van der Waals surface area contributed by atoms with Crippen molar-refractivity contribution in [2.24, 2.45) is 0 Å². The number of methoxy groups -OCH3 is 1. The highest BCUT2D eigenvalue weighted by atomic mass is 32.2. The van der Waals surface area contributed by atoms with Crippen molar-refractivity contribution in [3.63, 3.8) is 0 Å². The first kappa shape index (κ1) is 18.9. The van der Waals surface area contributed by atoms with Gasteiger partial charge in [-0.05, 0) is 12.1 Å². The van der Waals surface area contributed by atoms with E-state index in [1.165, 1.54) is 13.2 Å². The standard InChI is InChI=1S/C15H17N7O4S2/c1-25-15-18-12(17-14(19-15)22-5-7-26-8-6-22)9-16-28(23,24)11-4-2-3-10-13(11)21-27-20-10/h2-4,16H,5-9H2,1H3. The fraction of sp³-hybridized carbons (Fsp3) is 0.400. The Bertz CT molecular complexity index is 1080. The van der Waals surface area contributed by atoms with Crippen LogP contribution in [-0.4, -0.2) is 65.5 Å². The van der Waals surface area contributed by atoms with Crippen LogP contribution >= 0.6 is 11.7 Å². The maximum atomic E-state index is 12.8. The zero-order valence-electron chi connectivity index (χ0n) is 14.9. The number of hydrogen-bond acceptors (Lipinski definition) is 11. The van der Waals surface area contributed by atoms with Crippen LogP contribution in [0.2, 0.25) is 0 Å². The number of anilines is 1. The minimum Gasteiger partial charge on any atom is -0.467 e. The molecule has 4 rings (SSSR count). The predicted molar refractivity (Wildman–Crippen MR) is 101 cm³/mol. The lowest BCUT2D eigenvalue weighted by atomic mass is 10.3. The van der Waals surface area contributed by atoms with E-state index in [1.54, 1.807) is 12.1 Å². The molecule has 0 bridgehead atoms. The minimum atomic E-state index is -3.83. The number of sulfonamides is 1. The maximum absolute atomic E-state index is 12.8. The second kappa shape index (κ2) is 7.87. The largest absolute Gasteiger partial charge is 0.467 e. The first-order chi connectivity index (χ1) is 13.6. The quantitative estimate of drug-likeness (QED) is 0.586. The van der Waals surface area contributed by atoms with E-state index in [9.17, 15) is 8.42 Å². The van der Waals surface area contributed by atoms with E-state index >= 15 is 0 Å². The Morgan fingerprint density at radius 1 is 1.21 bits per heavy atom. The molecule has 1 fully saturated rings. The molecule has 1 aliphatic heterocycles. The third-order valence-corrected chi connectivity index (χ3v) is 6.06. The SMILES string of the molecule is COc1nc(CNS(=O)(=O)c2cccc3nsnc23)nc(N2CCOCC2)n1. The Balaban J connectivity index is 1.57. The van der Waals surface area contributed by atoms with Gasteiger partial charge in [0.05, 0.1) is 38.6 Å². The van der Waals surface area contributed by atoms with E-state index in [1.807, 2.05) is 4.90 Å². The molecule has 0 saturated carbocycles. The summed E-state index contributed by atoms with van der Waals surface area (Å²) in [6.45, 7) is 2.30. The van der Waals surface area contributed by atoms with E-state index in [0.29, 0.717) is 43.3 Å². The van der Waals surface area contributed by atoms with Crippen LogP contribution in [0, 0.1) is 0 Å². The Morgan fingerprint density at radius 2 is 2.04 bits per heavy atom. The summed E-state index contributed by atoms with van der Waals surface area (Å²) in [6.07, 6.45) is 0. The summed E-state index contributed by atoms with van der Waals surface area (Å²) in [5.41, 5.74) is 0.867. The molecule has 3 aromatic rings. The number of aromatic nitrogens is 5. The summed E-state index contributed by atoms with van der Waals surface area (Å²) in [4.78, 5) is 14.8. The van der Waals surface area contributed by atoms with Crippen LogP contribution in [0.1, 0.15) is 5.82 Å². The molecular weight excluding hydrogens is 406 g/mol. The Morgan fingerprint density at radius 3 is 2.82 bits per heavy atom. The molecule has 1 N–H and O–H groups in total. The summed E-state index contributed by atoms with van der Waals surface area (Å²) in [5, 5.41) is 0. The number of fused-ring (bicyclic) bond motifs is 1. The zero-order valence-corrected chi connectivity index (χ0v) is 16.5. The van der Waals surface area contributed by atoms with Crippen molar-refractivity contribution in [3.05, 3.63) is 24.0 Å². The number of nitrogens with one attached hydrogen (secondary N) is 1. The van der Waals surface area contributed by atoms with Gasteiger partial charge in [0, 0.05) is 13.1 Å². The van der Waals surface area contributed by atoms with Crippen molar-refractivity contribution in [2.45, 2.75) is 11.4 Å². The summed E-state index contributed by atoms with van der Waals surface area (Å²) >= 11 is 0.963. The highest BCUT2D eigenvalue weighted by Gasteiger charge is 2.21. The van der Waals surface area contributed by atoms with Gasteiger partial charge in [-0.25, -0.2) is 13.1 Å². The van der Waals surface area contributed by atoms with Crippen molar-refractivity contribution in [1.82, 2.24) is 28.4 Å². The molecule has 11 nitrogen and oxygen atoms in total. The van der Waals surface area contributed by atoms with Gasteiger partial charge in [0.1, 0.15) is 15.9 Å². The predicted octanol–water partition coefficient (Wildman–Crippen LogP) is 0.200. The maximum Gasteiger partial charge on any atom is 0.321 e. The highest BCUT2D eigenvalue weighted by Crippen LogP contribution is 2.21. The summed E-state index contributed by atoms with van der Waals surface area (Å²) in [6, 6.07) is 4.94. The topological polar surface area (TPSA) is 132 Å². The fourth-order valence-corrected chi connectivity index (χ4v) is 4.44. The monoisotopic (exact) mass is 423 g/mol. The number of ether oxygens (including phenoxy) is 2. The molecule has 13 heteroatoms. The average molecular weight is 423 g/mol. The van der Waals surface area contributed by atoms with Gasteiger partial charge >= 0.3 is 6.01 Å². The molecule has 148 valence electrons. The van der Waals surface area contributed by atoms with Gasteiger partial charge < -0.3 is 14.4 Å². The molecule has 0 atom stereocenters. The van der Waals surface area contributed by atoms with Crippen molar-refractivity contribution in [1.29, 1.82) is 0 Å². The average Bonchev–Trinajstić information content (AvgIpc) is 3.21. The summed E-state index contributed by atoms with van der Waals surface area (Å²) in [7, 11) is -2.39. The summed E-state index contributed by atoms with van der Waals surface area (Å²) < 4.78 is 46.6. The zero-order chi connectivity index (χ0) is 19.6. The molecule has 0 aliphatic carbocycles. The molecular formula is C15H17N7O4S2. The first-order valence-electron chi connectivity index (χ1n) is 8.39. The third-order valence-electron chi connectivity index (χ3n) is 4.08. The van der Waals surface area contributed by atoms with Gasteiger partial charge in [-0.1, -0.05) is 6.07 Å². The van der Waals surface area contributed by atoms with Gasteiger partial charge in [-0.15, -0.1) is 0 Å². The van der Waals surface area contributed by atoms with Gasteiger partial charge in [-0.3, -0.25) is 0 Å². The van der Waals surface area contributed by atoms with E-state index in [-0.39, 0.29) is 23.3 Å². The smallest absolute Gasteiger partial charge is 0.321 e. The Labute approximate surface area is 165 Å². The Kier molecular flexibility index (Phi) is 5.30. The molecule has 1 aromatic carbocycles. The van der Waals surface area contributed by atoms with Crippen molar-refractivity contribution in [2.75, 3.05) is 38.3 Å². The second-order valence-electron chi connectivity index (χ2n) is 5.85. The molecule has 0 spiro atoms. The van der Waals surface area contributed by atoms with E-state index in [0.717, 1.165) is 11.7 Å². The third kappa shape index (κ3) is 3.87. The molecule has 2 aromatic heterocycles. The normalized spacial score (nSPS) is 15.1. The van der Waals surface area contributed by atoms with Crippen molar-refractivity contribution in [3.8, 4) is 6.01 Å². The molecule has 28 heavy (non-hydrogen) atoms. The van der Waals surface area contributed by atoms with Crippen LogP contribution < -0.4 is 14.4 Å². The second-order valence-corrected chi connectivity index (χ2v) is 8.11. The van der Waals surface area contributed by atoms with Crippen LogP contribution in [0.4, 0.5) is 5.95 Å². The van der Waals surface area contributed by atoms with Crippen LogP contribution in [0.5, 0.6) is 6.01 Å². The van der Waals surface area contributed by atoms with Gasteiger partial charge in [-0.2, -0.15) is 23.7 Å². The molecule has 1 aliphatic rings. The summed E-state index contributed by atoms with van der Waals surface area (Å²) in [5.74, 6) is 0.677. The van der Waals surface area contributed by atoms with Gasteiger partial charge in [0.15, 0.2) is 5.82 Å². The molecule has 0 amide bonds. The number of morpholine rings is 1. The molecule has 3 heterocycles. The lowest BCUT2D eigenvalue weighted by Gasteiger charge is -2.26.